The first-order valence-electron chi connectivity index (χ1n) is 8.89. The zero-order valence-electron chi connectivity index (χ0n) is 15.3. The van der Waals surface area contributed by atoms with Gasteiger partial charge in [0.05, 0.1) is 19.3 Å². The average Bonchev–Trinajstić information content (AvgIpc) is 3.19. The molecule has 1 unspecified atom stereocenters. The molecule has 1 fully saturated rings. The first-order chi connectivity index (χ1) is 11.7. The van der Waals surface area contributed by atoms with Crippen LogP contribution in [0.2, 0.25) is 0 Å². The van der Waals surface area contributed by atoms with Gasteiger partial charge in [0.1, 0.15) is 0 Å². The van der Waals surface area contributed by atoms with E-state index in [0.29, 0.717) is 13.2 Å². The molecule has 0 bridgehead atoms. The highest BCUT2D eigenvalue weighted by atomic mass is 127. The molecule has 4 N–H and O–H groups in total. The summed E-state index contributed by atoms with van der Waals surface area (Å²) < 4.78 is 5.53. The van der Waals surface area contributed by atoms with E-state index in [-0.39, 0.29) is 36.0 Å². The quantitative estimate of drug-likeness (QED) is 0.193. The van der Waals surface area contributed by atoms with Crippen LogP contribution in [0.15, 0.2) is 11.2 Å². The number of guanidine groups is 1. The standard InChI is InChI=1S/C17H31N5O2.HI/c1-3-18-16(19-8-4-5-15-11-21-22-14(15)2)20-12-17(6-9-23)7-10-24-13-17;/h11,23H,3-10,12-13H2,1-2H3,(H,21,22)(H2,18,19,20);1H. The van der Waals surface area contributed by atoms with Gasteiger partial charge in [-0.1, -0.05) is 0 Å². The van der Waals surface area contributed by atoms with Crippen LogP contribution in [0.4, 0.5) is 0 Å². The van der Waals surface area contributed by atoms with E-state index < -0.39 is 0 Å². The molecule has 1 aliphatic heterocycles. The lowest BCUT2D eigenvalue weighted by atomic mass is 9.84. The van der Waals surface area contributed by atoms with E-state index in [9.17, 15) is 5.11 Å². The Balaban J connectivity index is 0.00000312. The summed E-state index contributed by atoms with van der Waals surface area (Å²) in [5, 5.41) is 23.0. The van der Waals surface area contributed by atoms with Crippen LogP contribution in [-0.2, 0) is 11.2 Å². The summed E-state index contributed by atoms with van der Waals surface area (Å²) in [6.07, 6.45) is 5.63. The minimum atomic E-state index is -0.00892. The topological polar surface area (TPSA) is 94.6 Å². The number of nitrogens with one attached hydrogen (secondary N) is 3. The van der Waals surface area contributed by atoms with Crippen molar-refractivity contribution in [1.82, 2.24) is 20.8 Å². The van der Waals surface area contributed by atoms with Crippen molar-refractivity contribution in [1.29, 1.82) is 0 Å². The summed E-state index contributed by atoms with van der Waals surface area (Å²) in [4.78, 5) is 4.72. The number of aliphatic hydroxyl groups excluding tert-OH is 1. The second kappa shape index (κ2) is 11.7. The van der Waals surface area contributed by atoms with Crippen LogP contribution in [-0.4, -0.2) is 60.7 Å². The number of nitrogens with zero attached hydrogens (tertiary/aromatic N) is 2. The number of aryl methyl sites for hydroxylation is 2. The number of hydrogen-bond acceptors (Lipinski definition) is 4. The smallest absolute Gasteiger partial charge is 0.191 e. The molecule has 1 saturated heterocycles. The third kappa shape index (κ3) is 7.10. The lowest BCUT2D eigenvalue weighted by molar-refractivity contribution is 0.131. The molecule has 0 saturated carbocycles. The molecule has 144 valence electrons. The van der Waals surface area contributed by atoms with Crippen molar-refractivity contribution in [3.05, 3.63) is 17.5 Å². The van der Waals surface area contributed by atoms with Crippen molar-refractivity contribution in [2.45, 2.75) is 39.5 Å². The van der Waals surface area contributed by atoms with Crippen LogP contribution in [0.5, 0.6) is 0 Å². The minimum Gasteiger partial charge on any atom is -0.396 e. The van der Waals surface area contributed by atoms with Gasteiger partial charge in [-0.3, -0.25) is 10.1 Å². The lowest BCUT2D eigenvalue weighted by Crippen LogP contribution is -2.39. The average molecular weight is 465 g/mol. The molecule has 0 spiro atoms. The molecule has 1 aliphatic rings. The van der Waals surface area contributed by atoms with E-state index in [1.165, 1.54) is 5.56 Å². The monoisotopic (exact) mass is 465 g/mol. The molecule has 0 aliphatic carbocycles. The highest BCUT2D eigenvalue weighted by Crippen LogP contribution is 2.32. The van der Waals surface area contributed by atoms with Gasteiger partial charge < -0.3 is 20.5 Å². The summed E-state index contributed by atoms with van der Waals surface area (Å²) in [5.74, 6) is 0.839. The van der Waals surface area contributed by atoms with E-state index in [1.807, 2.05) is 13.1 Å². The molecule has 25 heavy (non-hydrogen) atoms. The molecule has 1 atom stereocenters. The number of ether oxygens (including phenoxy) is 1. The maximum absolute atomic E-state index is 9.30. The van der Waals surface area contributed by atoms with Gasteiger partial charge in [-0.15, -0.1) is 24.0 Å². The second-order valence-electron chi connectivity index (χ2n) is 6.52. The fourth-order valence-electron chi connectivity index (χ4n) is 2.99. The largest absolute Gasteiger partial charge is 0.396 e. The molecule has 1 aromatic rings. The summed E-state index contributed by atoms with van der Waals surface area (Å²) in [5.41, 5.74) is 2.40. The maximum atomic E-state index is 9.30. The Kier molecular flexibility index (Phi) is 10.4. The summed E-state index contributed by atoms with van der Waals surface area (Å²) in [7, 11) is 0. The first kappa shape index (κ1) is 22.2. The van der Waals surface area contributed by atoms with Gasteiger partial charge in [-0.2, -0.15) is 5.10 Å². The Morgan fingerprint density at radius 3 is 2.92 bits per heavy atom. The van der Waals surface area contributed by atoms with E-state index >= 15 is 0 Å². The van der Waals surface area contributed by atoms with E-state index in [0.717, 1.165) is 57.0 Å². The number of aromatic nitrogens is 2. The first-order valence-corrected chi connectivity index (χ1v) is 8.89. The number of aliphatic hydroxyl groups is 1. The minimum absolute atomic E-state index is 0. The maximum Gasteiger partial charge on any atom is 0.191 e. The van der Waals surface area contributed by atoms with Gasteiger partial charge in [0, 0.05) is 37.4 Å². The van der Waals surface area contributed by atoms with Crippen molar-refractivity contribution in [3.8, 4) is 0 Å². The van der Waals surface area contributed by atoms with Crippen molar-refractivity contribution < 1.29 is 9.84 Å². The summed E-state index contributed by atoms with van der Waals surface area (Å²) in [6, 6.07) is 0. The second-order valence-corrected chi connectivity index (χ2v) is 6.52. The molecule has 1 aromatic heterocycles. The van der Waals surface area contributed by atoms with Crippen LogP contribution in [0.1, 0.15) is 37.4 Å². The third-order valence-electron chi connectivity index (χ3n) is 4.59. The van der Waals surface area contributed by atoms with Gasteiger partial charge in [-0.05, 0) is 45.1 Å². The zero-order valence-corrected chi connectivity index (χ0v) is 17.6. The van der Waals surface area contributed by atoms with Crippen molar-refractivity contribution in [2.75, 3.05) is 39.5 Å². The van der Waals surface area contributed by atoms with Crippen LogP contribution in [0.25, 0.3) is 0 Å². The van der Waals surface area contributed by atoms with E-state index in [1.54, 1.807) is 0 Å². The van der Waals surface area contributed by atoms with E-state index in [2.05, 4.69) is 27.8 Å². The number of aliphatic imine (C=N–C) groups is 1. The Morgan fingerprint density at radius 2 is 2.32 bits per heavy atom. The number of H-pyrrole nitrogens is 1. The molecule has 0 aromatic carbocycles. The Hall–Kier alpha value is -0.870. The molecule has 2 heterocycles. The predicted molar refractivity (Wildman–Crippen MR) is 111 cm³/mol. The molecule has 7 nitrogen and oxygen atoms in total. The molecule has 0 amide bonds. The van der Waals surface area contributed by atoms with Crippen molar-refractivity contribution >= 4 is 29.9 Å². The molecule has 0 radical (unpaired) electrons. The highest BCUT2D eigenvalue weighted by Gasteiger charge is 2.34. The van der Waals surface area contributed by atoms with Crippen molar-refractivity contribution in [3.63, 3.8) is 0 Å². The zero-order chi connectivity index (χ0) is 17.3. The Morgan fingerprint density at radius 1 is 1.48 bits per heavy atom. The van der Waals surface area contributed by atoms with Gasteiger partial charge in [-0.25, -0.2) is 0 Å². The normalized spacial score (nSPS) is 20.4. The fourth-order valence-corrected chi connectivity index (χ4v) is 2.99. The predicted octanol–water partition coefficient (Wildman–Crippen LogP) is 1.61. The van der Waals surface area contributed by atoms with Crippen LogP contribution in [0.3, 0.4) is 0 Å². The van der Waals surface area contributed by atoms with Crippen molar-refractivity contribution in [2.24, 2.45) is 10.4 Å². The van der Waals surface area contributed by atoms with Gasteiger partial charge in [0.2, 0.25) is 0 Å². The van der Waals surface area contributed by atoms with E-state index in [4.69, 9.17) is 9.73 Å². The molecule has 8 heteroatoms. The third-order valence-corrected chi connectivity index (χ3v) is 4.59. The highest BCUT2D eigenvalue weighted by molar-refractivity contribution is 14.0. The number of halogens is 1. The van der Waals surface area contributed by atoms with Crippen LogP contribution >= 0.6 is 24.0 Å². The SMILES string of the molecule is CCNC(=NCC1(CCO)CCOC1)NCCCc1cn[nH]c1C.I. The molecular weight excluding hydrogens is 433 g/mol. The number of rotatable bonds is 9. The van der Waals surface area contributed by atoms with Crippen LogP contribution < -0.4 is 10.6 Å². The molecule has 2 rings (SSSR count). The summed E-state index contributed by atoms with van der Waals surface area (Å²) in [6.45, 7) is 8.13. The summed E-state index contributed by atoms with van der Waals surface area (Å²) >= 11 is 0. The Labute approximate surface area is 167 Å². The fraction of sp³-hybridized carbons (Fsp3) is 0.765. The number of aromatic amines is 1. The van der Waals surface area contributed by atoms with Gasteiger partial charge in [0.15, 0.2) is 5.96 Å². The lowest BCUT2D eigenvalue weighted by Gasteiger charge is -2.24. The number of hydrogen-bond donors (Lipinski definition) is 4. The Bertz CT molecular complexity index is 515. The van der Waals surface area contributed by atoms with Gasteiger partial charge in [0.25, 0.3) is 0 Å². The van der Waals surface area contributed by atoms with Gasteiger partial charge >= 0.3 is 0 Å². The molecular formula is C17H32IN5O2. The van der Waals surface area contributed by atoms with Crippen LogP contribution in [0, 0.1) is 12.3 Å².